The maximum atomic E-state index is 11.8. The predicted molar refractivity (Wildman–Crippen MR) is 59.3 cm³/mol. The van der Waals surface area contributed by atoms with Gasteiger partial charge in [-0.2, -0.15) is 0 Å². The number of carbonyl (C=O) groups is 1. The van der Waals surface area contributed by atoms with Crippen molar-refractivity contribution >= 4 is 5.97 Å². The normalized spacial score (nSPS) is 33.0. The minimum absolute atomic E-state index is 0.0440. The molecule has 3 rings (SSSR count). The highest BCUT2D eigenvalue weighted by molar-refractivity contribution is 5.73. The molecule has 2 nitrogen and oxygen atoms in total. The van der Waals surface area contributed by atoms with E-state index in [-0.39, 0.29) is 11.9 Å². The zero-order valence-corrected chi connectivity index (χ0v) is 9.45. The molecule has 0 aromatic carbocycles. The summed E-state index contributed by atoms with van der Waals surface area (Å²) in [6, 6.07) is 0. The number of allylic oxidation sites excluding steroid dienone is 2. The minimum atomic E-state index is 0.0440. The molecule has 3 aliphatic carbocycles. The van der Waals surface area contributed by atoms with Crippen LogP contribution in [0.5, 0.6) is 0 Å². The van der Waals surface area contributed by atoms with Gasteiger partial charge in [0.2, 0.25) is 0 Å². The van der Waals surface area contributed by atoms with Crippen LogP contribution in [0.3, 0.4) is 0 Å². The highest BCUT2D eigenvalue weighted by Gasteiger charge is 2.37. The van der Waals surface area contributed by atoms with Crippen molar-refractivity contribution in [3.05, 3.63) is 12.2 Å². The van der Waals surface area contributed by atoms with E-state index < -0.39 is 0 Å². The van der Waals surface area contributed by atoms with E-state index in [9.17, 15) is 4.79 Å². The Morgan fingerprint density at radius 1 is 1.40 bits per heavy atom. The van der Waals surface area contributed by atoms with Crippen LogP contribution in [0.1, 0.15) is 39.0 Å². The topological polar surface area (TPSA) is 26.3 Å². The van der Waals surface area contributed by atoms with Crippen LogP contribution in [-0.4, -0.2) is 12.6 Å². The molecule has 0 radical (unpaired) electrons. The second-order valence-electron chi connectivity index (χ2n) is 4.75. The van der Waals surface area contributed by atoms with E-state index >= 15 is 0 Å². The van der Waals surface area contributed by atoms with Gasteiger partial charge in [-0.15, -0.1) is 0 Å². The van der Waals surface area contributed by atoms with Gasteiger partial charge in [0.1, 0.15) is 0 Å². The van der Waals surface area contributed by atoms with Gasteiger partial charge in [0.15, 0.2) is 0 Å². The summed E-state index contributed by atoms with van der Waals surface area (Å²) in [7, 11) is 0. The van der Waals surface area contributed by atoms with Crippen LogP contribution in [0, 0.1) is 17.8 Å². The van der Waals surface area contributed by atoms with E-state index in [1.54, 1.807) is 0 Å². The second-order valence-corrected chi connectivity index (χ2v) is 4.75. The molecule has 0 N–H and O–H groups in total. The Hall–Kier alpha value is -0.790. The van der Waals surface area contributed by atoms with Crippen LogP contribution < -0.4 is 0 Å². The zero-order valence-electron chi connectivity index (χ0n) is 9.45. The van der Waals surface area contributed by atoms with E-state index in [0.29, 0.717) is 18.4 Å². The molecule has 0 amide bonds. The summed E-state index contributed by atoms with van der Waals surface area (Å²) in [6.45, 7) is 2.71. The first kappa shape index (κ1) is 10.7. The molecule has 0 aliphatic heterocycles. The Kier molecular flexibility index (Phi) is 3.45. The largest absolute Gasteiger partial charge is 0.465 e. The van der Waals surface area contributed by atoms with E-state index in [1.165, 1.54) is 12.8 Å². The van der Waals surface area contributed by atoms with Gasteiger partial charge in [-0.05, 0) is 37.5 Å². The summed E-state index contributed by atoms with van der Waals surface area (Å²) < 4.78 is 5.30. The molecule has 2 heteroatoms. The Bertz CT molecular complexity index is 257. The number of carbonyl (C=O) groups excluding carboxylic acids is 1. The molecular formula is C13H20O2. The van der Waals surface area contributed by atoms with E-state index in [1.807, 2.05) is 0 Å². The third-order valence-electron chi connectivity index (χ3n) is 3.62. The van der Waals surface area contributed by atoms with Crippen molar-refractivity contribution in [2.75, 3.05) is 6.61 Å². The number of esters is 1. The Morgan fingerprint density at radius 3 is 2.80 bits per heavy atom. The zero-order chi connectivity index (χ0) is 10.7. The summed E-state index contributed by atoms with van der Waals surface area (Å²) in [4.78, 5) is 11.8. The van der Waals surface area contributed by atoms with Crippen LogP contribution >= 0.6 is 0 Å². The Morgan fingerprint density at radius 2 is 2.27 bits per heavy atom. The van der Waals surface area contributed by atoms with Crippen LogP contribution in [0.25, 0.3) is 0 Å². The lowest BCUT2D eigenvalue weighted by Crippen LogP contribution is -2.34. The van der Waals surface area contributed by atoms with Gasteiger partial charge in [-0.1, -0.05) is 25.5 Å². The third-order valence-corrected chi connectivity index (χ3v) is 3.62. The number of rotatable bonds is 4. The average Bonchev–Trinajstić information content (AvgIpc) is 2.30. The molecule has 0 aromatic rings. The third kappa shape index (κ3) is 2.42. The van der Waals surface area contributed by atoms with Gasteiger partial charge in [-0.3, -0.25) is 4.79 Å². The van der Waals surface area contributed by atoms with E-state index in [0.717, 1.165) is 19.3 Å². The summed E-state index contributed by atoms with van der Waals surface area (Å²) in [5.41, 5.74) is 0. The van der Waals surface area contributed by atoms with Gasteiger partial charge in [0, 0.05) is 0 Å². The monoisotopic (exact) mass is 208 g/mol. The second kappa shape index (κ2) is 4.82. The van der Waals surface area contributed by atoms with E-state index in [4.69, 9.17) is 4.74 Å². The summed E-state index contributed by atoms with van der Waals surface area (Å²) in [5.74, 6) is 1.30. The van der Waals surface area contributed by atoms with Crippen molar-refractivity contribution in [1.82, 2.24) is 0 Å². The highest BCUT2D eigenvalue weighted by Crippen LogP contribution is 2.40. The summed E-state index contributed by atoms with van der Waals surface area (Å²) >= 11 is 0. The van der Waals surface area contributed by atoms with Crippen LogP contribution in [0.15, 0.2) is 12.2 Å². The number of ether oxygens (including phenoxy) is 1. The van der Waals surface area contributed by atoms with Crippen molar-refractivity contribution in [2.24, 2.45) is 17.8 Å². The van der Waals surface area contributed by atoms with Gasteiger partial charge in [0.25, 0.3) is 0 Å². The minimum Gasteiger partial charge on any atom is -0.465 e. The maximum absolute atomic E-state index is 11.8. The molecule has 0 spiro atoms. The number of unbranched alkanes of at least 4 members (excludes halogenated alkanes) is 1. The van der Waals surface area contributed by atoms with Crippen LogP contribution in [0.4, 0.5) is 0 Å². The molecule has 3 atom stereocenters. The summed E-state index contributed by atoms with van der Waals surface area (Å²) in [5, 5.41) is 0. The first-order valence-electron chi connectivity index (χ1n) is 6.16. The van der Waals surface area contributed by atoms with Crippen LogP contribution in [0.2, 0.25) is 0 Å². The molecule has 3 aliphatic rings. The Balaban J connectivity index is 1.84. The number of hydrogen-bond donors (Lipinski definition) is 0. The van der Waals surface area contributed by atoms with Gasteiger partial charge in [-0.25, -0.2) is 0 Å². The fourth-order valence-electron chi connectivity index (χ4n) is 2.63. The van der Waals surface area contributed by atoms with E-state index in [2.05, 4.69) is 19.1 Å². The van der Waals surface area contributed by atoms with Gasteiger partial charge < -0.3 is 4.74 Å². The molecule has 2 bridgehead atoms. The lowest BCUT2D eigenvalue weighted by molar-refractivity contribution is -0.152. The molecule has 1 fully saturated rings. The molecule has 0 aromatic heterocycles. The van der Waals surface area contributed by atoms with Crippen molar-refractivity contribution in [1.29, 1.82) is 0 Å². The first-order valence-corrected chi connectivity index (χ1v) is 6.16. The molecule has 84 valence electrons. The van der Waals surface area contributed by atoms with Crippen molar-refractivity contribution < 1.29 is 9.53 Å². The SMILES string of the molecule is CCCCOC(=O)[C@H]1C[C@@H]2C=C[C@H]1CC2. The predicted octanol–water partition coefficient (Wildman–Crippen LogP) is 2.93. The molecule has 1 saturated carbocycles. The van der Waals surface area contributed by atoms with Crippen molar-refractivity contribution in [3.63, 3.8) is 0 Å². The lowest BCUT2D eigenvalue weighted by Gasteiger charge is -2.36. The molecule has 15 heavy (non-hydrogen) atoms. The number of hydrogen-bond acceptors (Lipinski definition) is 2. The van der Waals surface area contributed by atoms with Crippen molar-refractivity contribution in [2.45, 2.75) is 39.0 Å². The number of fused-ring (bicyclic) bond motifs is 2. The average molecular weight is 208 g/mol. The lowest BCUT2D eigenvalue weighted by atomic mass is 9.69. The first-order chi connectivity index (χ1) is 7.31. The smallest absolute Gasteiger partial charge is 0.309 e. The highest BCUT2D eigenvalue weighted by atomic mass is 16.5. The van der Waals surface area contributed by atoms with Crippen LogP contribution in [-0.2, 0) is 9.53 Å². The fraction of sp³-hybridized carbons (Fsp3) is 0.769. The summed E-state index contributed by atoms with van der Waals surface area (Å²) in [6.07, 6.45) is 10.0. The Labute approximate surface area is 91.7 Å². The quantitative estimate of drug-likeness (QED) is 0.403. The van der Waals surface area contributed by atoms with Crippen molar-refractivity contribution in [3.8, 4) is 0 Å². The maximum Gasteiger partial charge on any atom is 0.309 e. The fourth-order valence-corrected chi connectivity index (χ4v) is 2.63. The molecular weight excluding hydrogens is 188 g/mol. The van der Waals surface area contributed by atoms with Gasteiger partial charge in [0.05, 0.1) is 12.5 Å². The van der Waals surface area contributed by atoms with Gasteiger partial charge >= 0.3 is 5.97 Å². The molecule has 0 heterocycles. The molecule has 0 saturated heterocycles. The standard InChI is InChI=1S/C13H20O2/c1-2-3-8-15-13(14)12-9-10-4-6-11(12)7-5-10/h4,6,10-12H,2-3,5,7-9H2,1H3/t10-,11+,12+/m1/s1. The molecule has 0 unspecified atom stereocenters.